The van der Waals surface area contributed by atoms with Gasteiger partial charge in [0.1, 0.15) is 0 Å². The van der Waals surface area contributed by atoms with Gasteiger partial charge in [-0.1, -0.05) is 6.92 Å². The summed E-state index contributed by atoms with van der Waals surface area (Å²) in [5.41, 5.74) is 0. The Labute approximate surface area is 94.8 Å². The average Bonchev–Trinajstić information content (AvgIpc) is 2.27. The monoisotopic (exact) mass is 216 g/mol. The number of hydrogen-bond donors (Lipinski definition) is 3. The van der Waals surface area contributed by atoms with Crippen molar-refractivity contribution in [3.8, 4) is 0 Å². The highest BCUT2D eigenvalue weighted by atomic mass is 15.2. The minimum atomic E-state index is 1.07. The molecule has 0 aromatic heterocycles. The number of rotatable bonds is 11. The Kier molecular flexibility index (Phi) is 11.8. The second kappa shape index (κ2) is 11.9. The van der Waals surface area contributed by atoms with Crippen molar-refractivity contribution < 1.29 is 0 Å². The Hall–Kier alpha value is -0.160. The van der Waals surface area contributed by atoms with Crippen molar-refractivity contribution in [1.29, 1.82) is 0 Å². The topological polar surface area (TPSA) is 39.3 Å². The molecule has 0 radical (unpaired) electrons. The van der Waals surface area contributed by atoms with Crippen LogP contribution in [0.15, 0.2) is 0 Å². The highest BCUT2D eigenvalue weighted by Gasteiger charge is 2.02. The Bertz CT molecular complexity index is 111. The first-order chi connectivity index (χ1) is 7.35. The maximum Gasteiger partial charge on any atom is 0.0108 e. The third kappa shape index (κ3) is 10.1. The maximum atomic E-state index is 3.44. The minimum Gasteiger partial charge on any atom is -0.318 e. The van der Waals surface area contributed by atoms with Gasteiger partial charge in [0, 0.05) is 39.3 Å². The highest BCUT2D eigenvalue weighted by molar-refractivity contribution is 4.62. The van der Waals surface area contributed by atoms with Gasteiger partial charge in [-0.25, -0.2) is 0 Å². The van der Waals surface area contributed by atoms with Crippen LogP contribution in [0.4, 0.5) is 0 Å². The summed E-state index contributed by atoms with van der Waals surface area (Å²) in [4.78, 5) is 2.48. The summed E-state index contributed by atoms with van der Waals surface area (Å²) >= 11 is 0. The van der Waals surface area contributed by atoms with Gasteiger partial charge in [0.25, 0.3) is 0 Å². The Morgan fingerprint density at radius 3 is 1.80 bits per heavy atom. The van der Waals surface area contributed by atoms with Crippen LogP contribution < -0.4 is 16.0 Å². The lowest BCUT2D eigenvalue weighted by molar-refractivity contribution is 0.276. The van der Waals surface area contributed by atoms with Gasteiger partial charge in [-0.2, -0.15) is 0 Å². The van der Waals surface area contributed by atoms with E-state index in [0.717, 1.165) is 45.8 Å². The fraction of sp³-hybridized carbons (Fsp3) is 1.00. The number of likely N-dealkylation sites (N-methyl/N-ethyl adjacent to an activating group) is 2. The zero-order chi connectivity index (χ0) is 11.4. The quantitative estimate of drug-likeness (QED) is 0.416. The van der Waals surface area contributed by atoms with Crippen LogP contribution in [-0.2, 0) is 0 Å². The molecule has 92 valence electrons. The molecule has 4 nitrogen and oxygen atoms in total. The highest BCUT2D eigenvalue weighted by Crippen LogP contribution is 1.85. The summed E-state index contributed by atoms with van der Waals surface area (Å²) in [5.74, 6) is 0. The average molecular weight is 216 g/mol. The van der Waals surface area contributed by atoms with E-state index in [1.54, 1.807) is 0 Å². The van der Waals surface area contributed by atoms with Crippen LogP contribution in [-0.4, -0.2) is 64.8 Å². The van der Waals surface area contributed by atoms with E-state index in [1.807, 2.05) is 14.1 Å². The van der Waals surface area contributed by atoms with Crippen molar-refractivity contribution >= 4 is 0 Å². The zero-order valence-corrected chi connectivity index (χ0v) is 10.6. The lowest BCUT2D eigenvalue weighted by atomic mass is 10.4. The summed E-state index contributed by atoms with van der Waals surface area (Å²) in [6.07, 6.45) is 1.22. The van der Waals surface area contributed by atoms with Gasteiger partial charge in [-0.15, -0.1) is 0 Å². The van der Waals surface area contributed by atoms with E-state index in [4.69, 9.17) is 0 Å². The van der Waals surface area contributed by atoms with Crippen LogP contribution in [0.1, 0.15) is 13.3 Å². The fourth-order valence-corrected chi connectivity index (χ4v) is 1.41. The van der Waals surface area contributed by atoms with E-state index in [2.05, 4.69) is 27.8 Å². The van der Waals surface area contributed by atoms with E-state index < -0.39 is 0 Å². The molecule has 4 heteroatoms. The normalized spacial score (nSPS) is 11.2. The molecule has 0 atom stereocenters. The molecule has 0 aliphatic rings. The second-order valence-corrected chi connectivity index (χ2v) is 3.80. The predicted octanol–water partition coefficient (Wildman–Crippen LogP) is -0.273. The first kappa shape index (κ1) is 14.8. The van der Waals surface area contributed by atoms with Gasteiger partial charge in [-0.3, -0.25) is 4.90 Å². The number of nitrogens with one attached hydrogen (secondary N) is 3. The Morgan fingerprint density at radius 1 is 0.800 bits per heavy atom. The minimum absolute atomic E-state index is 1.07. The predicted molar refractivity (Wildman–Crippen MR) is 67.5 cm³/mol. The van der Waals surface area contributed by atoms with Gasteiger partial charge in [0.15, 0.2) is 0 Å². The molecular weight excluding hydrogens is 188 g/mol. The molecule has 0 saturated heterocycles. The zero-order valence-electron chi connectivity index (χ0n) is 10.6. The number of nitrogens with zero attached hydrogens (tertiary/aromatic N) is 1. The van der Waals surface area contributed by atoms with Gasteiger partial charge >= 0.3 is 0 Å². The lowest BCUT2D eigenvalue weighted by Gasteiger charge is -2.22. The molecule has 0 spiro atoms. The number of hydrogen-bond acceptors (Lipinski definition) is 4. The third-order valence-electron chi connectivity index (χ3n) is 2.39. The molecule has 0 aromatic rings. The molecule has 0 amide bonds. The maximum absolute atomic E-state index is 3.44. The van der Waals surface area contributed by atoms with Crippen molar-refractivity contribution in [3.05, 3.63) is 0 Å². The van der Waals surface area contributed by atoms with Gasteiger partial charge in [0.2, 0.25) is 0 Å². The lowest BCUT2D eigenvalue weighted by Crippen LogP contribution is -2.39. The van der Waals surface area contributed by atoms with Gasteiger partial charge in [-0.05, 0) is 27.1 Å². The summed E-state index contributed by atoms with van der Waals surface area (Å²) in [7, 11) is 4.01. The fourth-order valence-electron chi connectivity index (χ4n) is 1.41. The summed E-state index contributed by atoms with van der Waals surface area (Å²) in [6.45, 7) is 9.97. The molecule has 0 unspecified atom stereocenters. The van der Waals surface area contributed by atoms with Crippen molar-refractivity contribution in [2.45, 2.75) is 13.3 Å². The molecule has 0 saturated carbocycles. The van der Waals surface area contributed by atoms with Gasteiger partial charge in [0.05, 0.1) is 0 Å². The third-order valence-corrected chi connectivity index (χ3v) is 2.39. The molecule has 3 N–H and O–H groups in total. The Balaban J connectivity index is 3.49. The molecule has 0 aliphatic heterocycles. The van der Waals surface area contributed by atoms with Crippen molar-refractivity contribution in [2.75, 3.05) is 59.9 Å². The molecule has 0 aliphatic carbocycles. The van der Waals surface area contributed by atoms with E-state index in [-0.39, 0.29) is 0 Å². The molecule has 0 rings (SSSR count). The Morgan fingerprint density at radius 2 is 1.33 bits per heavy atom. The van der Waals surface area contributed by atoms with Crippen LogP contribution in [0.25, 0.3) is 0 Å². The second-order valence-electron chi connectivity index (χ2n) is 3.80. The largest absolute Gasteiger partial charge is 0.318 e. The van der Waals surface area contributed by atoms with Gasteiger partial charge < -0.3 is 16.0 Å². The van der Waals surface area contributed by atoms with Crippen LogP contribution in [0.3, 0.4) is 0 Å². The molecule has 0 fully saturated rings. The molecule has 0 aromatic carbocycles. The van der Waals surface area contributed by atoms with Crippen LogP contribution in [0.2, 0.25) is 0 Å². The summed E-state index contributed by atoms with van der Waals surface area (Å²) in [5, 5.41) is 9.82. The van der Waals surface area contributed by atoms with Crippen molar-refractivity contribution in [1.82, 2.24) is 20.9 Å². The van der Waals surface area contributed by atoms with Crippen LogP contribution >= 0.6 is 0 Å². The van der Waals surface area contributed by atoms with Crippen LogP contribution in [0, 0.1) is 0 Å². The van der Waals surface area contributed by atoms with E-state index in [9.17, 15) is 0 Å². The standard InChI is InChI=1S/C11H28N4/c1-4-5-14-8-11-15(9-6-12-2)10-7-13-3/h12-14H,4-11H2,1-3H3. The molecule has 15 heavy (non-hydrogen) atoms. The summed E-state index contributed by atoms with van der Waals surface area (Å²) in [6, 6.07) is 0. The summed E-state index contributed by atoms with van der Waals surface area (Å²) < 4.78 is 0. The van der Waals surface area contributed by atoms with E-state index in [0.29, 0.717) is 0 Å². The smallest absolute Gasteiger partial charge is 0.0108 e. The van der Waals surface area contributed by atoms with Crippen LogP contribution in [0.5, 0.6) is 0 Å². The molecule has 0 bridgehead atoms. The first-order valence-electron chi connectivity index (χ1n) is 6.07. The SMILES string of the molecule is CCCNCCN(CCNC)CCNC. The molecular formula is C11H28N4. The first-order valence-corrected chi connectivity index (χ1v) is 6.07. The van der Waals surface area contributed by atoms with E-state index in [1.165, 1.54) is 6.42 Å². The van der Waals surface area contributed by atoms with E-state index >= 15 is 0 Å². The molecule has 0 heterocycles. The van der Waals surface area contributed by atoms with Crippen molar-refractivity contribution in [2.24, 2.45) is 0 Å². The van der Waals surface area contributed by atoms with Crippen molar-refractivity contribution in [3.63, 3.8) is 0 Å².